The second-order valence-electron chi connectivity index (χ2n) is 10.2. The average molecular weight is 617 g/mol. The van der Waals surface area contributed by atoms with Crippen LogP contribution in [0.3, 0.4) is 0 Å². The summed E-state index contributed by atoms with van der Waals surface area (Å²) >= 11 is 6.20. The number of hydrazine groups is 1. The number of carbonyl (C=O) groups excluding carboxylic acids is 1. The van der Waals surface area contributed by atoms with Gasteiger partial charge in [0.15, 0.2) is 5.69 Å². The number of benzene rings is 3. The molecule has 0 saturated carbocycles. The van der Waals surface area contributed by atoms with E-state index >= 15 is 0 Å². The van der Waals surface area contributed by atoms with Crippen LogP contribution in [-0.4, -0.2) is 46.3 Å². The van der Waals surface area contributed by atoms with Crippen LogP contribution in [0.25, 0.3) is 11.1 Å². The van der Waals surface area contributed by atoms with Gasteiger partial charge in [-0.15, -0.1) is 17.5 Å². The predicted octanol–water partition coefficient (Wildman–Crippen LogP) is 6.71. The third-order valence-electron chi connectivity index (χ3n) is 7.27. The van der Waals surface area contributed by atoms with Gasteiger partial charge in [0.2, 0.25) is 0 Å². The number of nitrogens with zero attached hydrogens (tertiary/aromatic N) is 3. The van der Waals surface area contributed by atoms with E-state index in [9.17, 15) is 13.6 Å². The van der Waals surface area contributed by atoms with Gasteiger partial charge in [0.05, 0.1) is 0 Å². The molecule has 2 heterocycles. The Labute approximate surface area is 263 Å². The van der Waals surface area contributed by atoms with Crippen molar-refractivity contribution in [2.24, 2.45) is 11.6 Å². The number of hydrogen-bond donors (Lipinski definition) is 2. The fourth-order valence-electron chi connectivity index (χ4n) is 5.01. The summed E-state index contributed by atoms with van der Waals surface area (Å²) < 4.78 is 26.7. The Morgan fingerprint density at radius 1 is 1.05 bits per heavy atom. The van der Waals surface area contributed by atoms with Gasteiger partial charge in [-0.2, -0.15) is 8.78 Å². The monoisotopic (exact) mass is 616 g/mol. The number of hydrogen-bond acceptors (Lipinski definition) is 3. The smallest absolute Gasteiger partial charge is 0.315 e. The van der Waals surface area contributed by atoms with Crippen molar-refractivity contribution in [2.45, 2.75) is 38.5 Å². The summed E-state index contributed by atoms with van der Waals surface area (Å²) in [5.74, 6) is 5.13. The maximum atomic E-state index is 12.7. The minimum atomic E-state index is -2.94. The quantitative estimate of drug-likeness (QED) is 0.0629. The number of hydrazone groups is 1. The van der Waals surface area contributed by atoms with Crippen LogP contribution in [0.2, 0.25) is 5.02 Å². The van der Waals surface area contributed by atoms with Crippen molar-refractivity contribution < 1.29 is 18.3 Å². The highest BCUT2D eigenvalue weighted by molar-refractivity contribution is 6.31. The molecule has 1 aliphatic heterocycles. The molecule has 3 aromatic carbocycles. The highest BCUT2D eigenvalue weighted by atomic mass is 35.5. The number of nitrogens with two attached hydrogens (primary N) is 2. The molecule has 4 aromatic rings. The first kappa shape index (κ1) is 33.8. The normalized spacial score (nSPS) is 13.3. The van der Waals surface area contributed by atoms with Gasteiger partial charge in [-0.3, -0.25) is 21.4 Å². The van der Waals surface area contributed by atoms with Crippen molar-refractivity contribution in [3.05, 3.63) is 119 Å². The zero-order valence-corrected chi connectivity index (χ0v) is 25.4. The van der Waals surface area contributed by atoms with E-state index in [2.05, 4.69) is 49.0 Å². The number of likely N-dealkylation sites (tertiary alicyclic amines) is 1. The molecule has 0 atom stereocenters. The predicted molar refractivity (Wildman–Crippen MR) is 174 cm³/mol. The van der Waals surface area contributed by atoms with Crippen LogP contribution in [0, 0.1) is 19.8 Å². The number of pyridine rings is 1. The second kappa shape index (κ2) is 16.8. The number of aromatic nitrogens is 1. The standard InChI is InChI=1S/C26H26ClF2N5O.C7H8.C2H2/c27-21-5-7-24(34(31)16-30)23(14-21)20-4-6-22(32-15-20)13-17-2-1-3-19(12-17)18-8-10-33(11-9-18)26(35)25(28)29;1-7-5-3-2-4-6-7;1-2/h1-7,12,14-16,18,25,30H,8-11,13,31H2;2-6H,1H3;1-2H/p+1. The Bertz CT molecular complexity index is 1550. The Morgan fingerprint density at radius 3 is 2.32 bits per heavy atom. The van der Waals surface area contributed by atoms with Crippen LogP contribution in [0.4, 0.5) is 14.5 Å². The number of rotatable bonds is 6. The number of alkyl halides is 2. The van der Waals surface area contributed by atoms with Crippen molar-refractivity contribution in [1.82, 2.24) is 9.88 Å². The summed E-state index contributed by atoms with van der Waals surface area (Å²) in [5, 5.41) is 0.583. The van der Waals surface area contributed by atoms with E-state index in [1.54, 1.807) is 18.3 Å². The number of carbonyl (C=O) groups is 1. The lowest BCUT2D eigenvalue weighted by molar-refractivity contribution is -0.447. The molecule has 6 nitrogen and oxygen atoms in total. The Kier molecular flexibility index (Phi) is 12.9. The van der Waals surface area contributed by atoms with E-state index in [0.717, 1.165) is 27.9 Å². The molecule has 4 N–H and O–H groups in total. The third kappa shape index (κ3) is 9.38. The number of halogens is 3. The maximum Gasteiger partial charge on any atom is 0.315 e. The van der Waals surface area contributed by atoms with Gasteiger partial charge in [0.1, 0.15) is 0 Å². The van der Waals surface area contributed by atoms with Gasteiger partial charge in [-0.25, -0.2) is 0 Å². The summed E-state index contributed by atoms with van der Waals surface area (Å²) in [7, 11) is 0. The molecule has 0 radical (unpaired) electrons. The molecule has 1 aromatic heterocycles. The van der Waals surface area contributed by atoms with E-state index in [1.165, 1.54) is 21.5 Å². The lowest BCUT2D eigenvalue weighted by atomic mass is 9.88. The van der Waals surface area contributed by atoms with Crippen LogP contribution in [0.5, 0.6) is 0 Å². The average Bonchev–Trinajstić information content (AvgIpc) is 3.06. The maximum absolute atomic E-state index is 12.7. The van der Waals surface area contributed by atoms with E-state index in [1.807, 2.05) is 48.5 Å². The van der Waals surface area contributed by atoms with E-state index in [4.69, 9.17) is 23.2 Å². The highest BCUT2D eigenvalue weighted by Gasteiger charge is 2.28. The molecular weight excluding hydrogens is 580 g/mol. The van der Waals surface area contributed by atoms with Gasteiger partial charge in [-0.05, 0) is 61.1 Å². The van der Waals surface area contributed by atoms with Gasteiger partial charge >= 0.3 is 6.43 Å². The lowest BCUT2D eigenvalue weighted by Gasteiger charge is -2.32. The lowest BCUT2D eigenvalue weighted by Crippen LogP contribution is -2.41. The summed E-state index contributed by atoms with van der Waals surface area (Å²) in [6.45, 7) is 2.80. The van der Waals surface area contributed by atoms with E-state index in [-0.39, 0.29) is 5.92 Å². The van der Waals surface area contributed by atoms with Crippen LogP contribution in [0.15, 0.2) is 91.1 Å². The molecular formula is C35H37ClF2N5O+. The van der Waals surface area contributed by atoms with Crippen molar-refractivity contribution in [3.8, 4) is 24.0 Å². The number of aryl methyl sites for hydroxylation is 1. The minimum Gasteiger partial charge on any atom is -0.338 e. The van der Waals surface area contributed by atoms with Crippen LogP contribution in [0.1, 0.15) is 41.1 Å². The van der Waals surface area contributed by atoms with Gasteiger partial charge in [0.25, 0.3) is 12.2 Å². The third-order valence-corrected chi connectivity index (χ3v) is 7.51. The molecule has 0 aliphatic carbocycles. The van der Waals surface area contributed by atoms with E-state index < -0.39 is 12.3 Å². The SMILES string of the molecule is C#C.Cc1ccccc1.N/C=[N+](\N)c1ccc(Cl)cc1-c1ccc(Cc2cccc(C3CCN(C(=O)C(F)F)CC3)c2)nc1. The number of amides is 1. The molecule has 1 amide bonds. The zero-order chi connectivity index (χ0) is 32.1. The topological polar surface area (TPSA) is 88.2 Å². The molecule has 228 valence electrons. The Morgan fingerprint density at radius 2 is 1.75 bits per heavy atom. The summed E-state index contributed by atoms with van der Waals surface area (Å²) in [4.78, 5) is 17.4. The molecule has 1 aliphatic rings. The zero-order valence-electron chi connectivity index (χ0n) is 24.6. The minimum absolute atomic E-state index is 0.242. The Hall–Kier alpha value is -4.74. The molecule has 0 bridgehead atoms. The number of terminal acetylenes is 1. The molecule has 0 spiro atoms. The molecule has 44 heavy (non-hydrogen) atoms. The first-order valence-electron chi connectivity index (χ1n) is 14.1. The second-order valence-corrected chi connectivity index (χ2v) is 10.7. The largest absolute Gasteiger partial charge is 0.338 e. The fourth-order valence-corrected chi connectivity index (χ4v) is 5.18. The van der Waals surface area contributed by atoms with Crippen molar-refractivity contribution >= 4 is 29.5 Å². The Balaban J connectivity index is 0.000000510. The fraction of sp³-hybridized carbons (Fsp3) is 0.229. The van der Waals surface area contributed by atoms with Crippen LogP contribution in [-0.2, 0) is 11.2 Å². The van der Waals surface area contributed by atoms with Gasteiger partial charge < -0.3 is 4.90 Å². The molecule has 5 rings (SSSR count). The molecule has 1 fully saturated rings. The first-order valence-corrected chi connectivity index (χ1v) is 14.5. The van der Waals surface area contributed by atoms with Crippen molar-refractivity contribution in [1.29, 1.82) is 0 Å². The number of piperidine rings is 1. The van der Waals surface area contributed by atoms with Crippen molar-refractivity contribution in [2.75, 3.05) is 13.1 Å². The summed E-state index contributed by atoms with van der Waals surface area (Å²) in [6, 6.07) is 27.8. The summed E-state index contributed by atoms with van der Waals surface area (Å²) in [6.07, 6.45) is 10.1. The molecule has 0 unspecified atom stereocenters. The van der Waals surface area contributed by atoms with E-state index in [0.29, 0.717) is 43.1 Å². The highest BCUT2D eigenvalue weighted by Crippen LogP contribution is 2.32. The first-order chi connectivity index (χ1) is 21.2. The summed E-state index contributed by atoms with van der Waals surface area (Å²) in [5.41, 5.74) is 12.5. The van der Waals surface area contributed by atoms with Gasteiger partial charge in [0, 0.05) is 47.6 Å². The molecule has 9 heteroatoms. The molecule has 1 saturated heterocycles. The van der Waals surface area contributed by atoms with Crippen LogP contribution < -0.4 is 11.6 Å². The van der Waals surface area contributed by atoms with Crippen LogP contribution >= 0.6 is 11.6 Å². The van der Waals surface area contributed by atoms with Crippen molar-refractivity contribution in [3.63, 3.8) is 0 Å². The van der Waals surface area contributed by atoms with Gasteiger partial charge in [-0.1, -0.05) is 77.8 Å².